The molecule has 0 unspecified atom stereocenters. The van der Waals surface area contributed by atoms with Crippen LogP contribution in [0.3, 0.4) is 0 Å². The molecule has 1 saturated carbocycles. The maximum atomic E-state index is 11.9. The summed E-state index contributed by atoms with van der Waals surface area (Å²) in [4.78, 5) is 27.4. The lowest BCUT2D eigenvalue weighted by Crippen LogP contribution is -2.33. The zero-order valence-corrected chi connectivity index (χ0v) is 10.9. The van der Waals surface area contributed by atoms with Crippen molar-refractivity contribution in [2.75, 3.05) is 11.9 Å². The zero-order valence-electron chi connectivity index (χ0n) is 10.9. The van der Waals surface area contributed by atoms with Crippen molar-refractivity contribution in [2.45, 2.75) is 12.8 Å². The van der Waals surface area contributed by atoms with Crippen LogP contribution in [0.2, 0.25) is 0 Å². The molecule has 0 saturated heterocycles. The number of aromatic nitrogens is 1. The largest absolute Gasteiger partial charge is 0.347 e. The van der Waals surface area contributed by atoms with Crippen molar-refractivity contribution in [3.63, 3.8) is 0 Å². The Kier molecular flexibility index (Phi) is 3.33. The second-order valence-electron chi connectivity index (χ2n) is 4.94. The molecule has 2 amide bonds. The zero-order chi connectivity index (χ0) is 13.9. The van der Waals surface area contributed by atoms with Crippen molar-refractivity contribution >= 4 is 28.3 Å². The average Bonchev–Trinajstić information content (AvgIpc) is 3.30. The number of benzene rings is 1. The molecular formula is C15H15N3O2. The standard InChI is InChI=1S/C15H15N3O2/c19-14(9-17-15(20)10-4-5-10)18-13-3-1-2-11-8-16-7-6-12(11)13/h1-3,6-8,10H,4-5,9H2,(H,17,20)(H,18,19). The van der Waals surface area contributed by atoms with Gasteiger partial charge < -0.3 is 10.6 Å². The predicted molar refractivity (Wildman–Crippen MR) is 76.1 cm³/mol. The van der Waals surface area contributed by atoms with Gasteiger partial charge in [0.1, 0.15) is 0 Å². The van der Waals surface area contributed by atoms with Crippen LogP contribution in [-0.2, 0) is 9.59 Å². The summed E-state index contributed by atoms with van der Waals surface area (Å²) in [6, 6.07) is 7.49. The SMILES string of the molecule is O=C(CNC(=O)C1CC1)Nc1cccc2cnccc12. The number of fused-ring (bicyclic) bond motifs is 1. The van der Waals surface area contributed by atoms with Gasteiger partial charge in [-0.3, -0.25) is 14.6 Å². The molecule has 1 heterocycles. The summed E-state index contributed by atoms with van der Waals surface area (Å²) in [5, 5.41) is 7.37. The van der Waals surface area contributed by atoms with Crippen molar-refractivity contribution in [1.82, 2.24) is 10.3 Å². The van der Waals surface area contributed by atoms with E-state index in [1.807, 2.05) is 24.3 Å². The van der Waals surface area contributed by atoms with Gasteiger partial charge in [0.2, 0.25) is 11.8 Å². The predicted octanol–water partition coefficient (Wildman–Crippen LogP) is 1.70. The van der Waals surface area contributed by atoms with E-state index in [1.54, 1.807) is 12.4 Å². The highest BCUT2D eigenvalue weighted by molar-refractivity contribution is 6.03. The second-order valence-corrected chi connectivity index (χ2v) is 4.94. The second kappa shape index (κ2) is 5.28. The van der Waals surface area contributed by atoms with E-state index >= 15 is 0 Å². The Morgan fingerprint density at radius 3 is 2.90 bits per heavy atom. The summed E-state index contributed by atoms with van der Waals surface area (Å²) in [5.41, 5.74) is 0.732. The molecule has 0 aliphatic heterocycles. The highest BCUT2D eigenvalue weighted by Crippen LogP contribution is 2.28. The van der Waals surface area contributed by atoms with Gasteiger partial charge in [-0.05, 0) is 25.0 Å². The molecule has 2 N–H and O–H groups in total. The van der Waals surface area contributed by atoms with Crippen LogP contribution in [0, 0.1) is 5.92 Å². The van der Waals surface area contributed by atoms with Crippen molar-refractivity contribution in [3.05, 3.63) is 36.7 Å². The number of rotatable bonds is 4. The van der Waals surface area contributed by atoms with E-state index in [0.717, 1.165) is 29.3 Å². The van der Waals surface area contributed by atoms with Gasteiger partial charge in [0, 0.05) is 34.8 Å². The number of hydrogen-bond acceptors (Lipinski definition) is 3. The number of nitrogens with zero attached hydrogens (tertiary/aromatic N) is 1. The van der Waals surface area contributed by atoms with E-state index in [4.69, 9.17) is 0 Å². The molecular weight excluding hydrogens is 254 g/mol. The maximum absolute atomic E-state index is 11.9. The summed E-state index contributed by atoms with van der Waals surface area (Å²) in [5.74, 6) is -0.128. The molecule has 0 bridgehead atoms. The highest BCUT2D eigenvalue weighted by atomic mass is 16.2. The first-order valence-corrected chi connectivity index (χ1v) is 6.64. The Balaban J connectivity index is 1.66. The summed E-state index contributed by atoms with van der Waals surface area (Å²) in [7, 11) is 0. The van der Waals surface area contributed by atoms with Gasteiger partial charge in [0.25, 0.3) is 0 Å². The quantitative estimate of drug-likeness (QED) is 0.887. The molecule has 3 rings (SSSR count). The van der Waals surface area contributed by atoms with Gasteiger partial charge in [-0.2, -0.15) is 0 Å². The Labute approximate surface area is 116 Å². The number of carbonyl (C=O) groups is 2. The third-order valence-corrected chi connectivity index (χ3v) is 3.33. The van der Waals surface area contributed by atoms with Gasteiger partial charge in [-0.1, -0.05) is 12.1 Å². The number of pyridine rings is 1. The fraction of sp³-hybridized carbons (Fsp3) is 0.267. The first-order chi connectivity index (χ1) is 9.74. The first kappa shape index (κ1) is 12.6. The van der Waals surface area contributed by atoms with Gasteiger partial charge in [0.05, 0.1) is 6.54 Å². The van der Waals surface area contributed by atoms with Crippen LogP contribution in [0.1, 0.15) is 12.8 Å². The molecule has 0 radical (unpaired) electrons. The number of carbonyl (C=O) groups excluding carboxylic acids is 2. The third kappa shape index (κ3) is 2.77. The maximum Gasteiger partial charge on any atom is 0.243 e. The Morgan fingerprint density at radius 2 is 2.10 bits per heavy atom. The number of amides is 2. The van der Waals surface area contributed by atoms with E-state index in [-0.39, 0.29) is 24.3 Å². The summed E-state index contributed by atoms with van der Waals surface area (Å²) in [6.45, 7) is 0.0107. The van der Waals surface area contributed by atoms with Crippen molar-refractivity contribution in [2.24, 2.45) is 5.92 Å². The molecule has 1 fully saturated rings. The Morgan fingerprint density at radius 1 is 1.25 bits per heavy atom. The van der Waals surface area contributed by atoms with Crippen LogP contribution >= 0.6 is 0 Å². The number of nitrogens with one attached hydrogen (secondary N) is 2. The van der Waals surface area contributed by atoms with Crippen molar-refractivity contribution in [3.8, 4) is 0 Å². The van der Waals surface area contributed by atoms with Gasteiger partial charge in [-0.15, -0.1) is 0 Å². The van der Waals surface area contributed by atoms with Crippen LogP contribution in [0.25, 0.3) is 10.8 Å². The molecule has 2 aromatic rings. The van der Waals surface area contributed by atoms with E-state index in [9.17, 15) is 9.59 Å². The Bertz CT molecular complexity index is 660. The lowest BCUT2D eigenvalue weighted by Gasteiger charge is -2.09. The van der Waals surface area contributed by atoms with Crippen LogP contribution in [0.15, 0.2) is 36.7 Å². The molecule has 0 spiro atoms. The van der Waals surface area contributed by atoms with Gasteiger partial charge >= 0.3 is 0 Å². The fourth-order valence-electron chi connectivity index (χ4n) is 2.08. The van der Waals surface area contributed by atoms with E-state index in [0.29, 0.717) is 0 Å². The third-order valence-electron chi connectivity index (χ3n) is 3.33. The minimum Gasteiger partial charge on any atom is -0.347 e. The normalized spacial score (nSPS) is 14.0. The molecule has 1 aromatic heterocycles. The lowest BCUT2D eigenvalue weighted by molar-refractivity contribution is -0.125. The average molecular weight is 269 g/mol. The monoisotopic (exact) mass is 269 g/mol. The van der Waals surface area contributed by atoms with Crippen LogP contribution in [0.4, 0.5) is 5.69 Å². The smallest absolute Gasteiger partial charge is 0.243 e. The summed E-state index contributed by atoms with van der Waals surface area (Å²) in [6.07, 6.45) is 5.31. The summed E-state index contributed by atoms with van der Waals surface area (Å²) < 4.78 is 0. The van der Waals surface area contributed by atoms with E-state index in [1.165, 1.54) is 0 Å². The fourth-order valence-corrected chi connectivity index (χ4v) is 2.08. The van der Waals surface area contributed by atoms with E-state index in [2.05, 4.69) is 15.6 Å². The van der Waals surface area contributed by atoms with Crippen molar-refractivity contribution < 1.29 is 9.59 Å². The summed E-state index contributed by atoms with van der Waals surface area (Å²) >= 11 is 0. The van der Waals surface area contributed by atoms with Crippen molar-refractivity contribution in [1.29, 1.82) is 0 Å². The van der Waals surface area contributed by atoms with Crippen LogP contribution in [-0.4, -0.2) is 23.3 Å². The molecule has 1 aromatic carbocycles. The lowest BCUT2D eigenvalue weighted by atomic mass is 10.1. The first-order valence-electron chi connectivity index (χ1n) is 6.64. The van der Waals surface area contributed by atoms with Gasteiger partial charge in [0.15, 0.2) is 0 Å². The van der Waals surface area contributed by atoms with Crippen LogP contribution < -0.4 is 10.6 Å². The topological polar surface area (TPSA) is 71.1 Å². The highest BCUT2D eigenvalue weighted by Gasteiger charge is 2.29. The molecule has 102 valence electrons. The molecule has 0 atom stereocenters. The molecule has 5 heteroatoms. The number of hydrogen-bond donors (Lipinski definition) is 2. The molecule has 5 nitrogen and oxygen atoms in total. The Hall–Kier alpha value is -2.43. The van der Waals surface area contributed by atoms with Gasteiger partial charge in [-0.25, -0.2) is 0 Å². The molecule has 20 heavy (non-hydrogen) atoms. The van der Waals surface area contributed by atoms with Crippen LogP contribution in [0.5, 0.6) is 0 Å². The molecule has 1 aliphatic carbocycles. The molecule has 1 aliphatic rings. The minimum absolute atomic E-state index is 0.0107. The van der Waals surface area contributed by atoms with E-state index < -0.39 is 0 Å². The number of anilines is 1. The minimum atomic E-state index is -0.219.